The van der Waals surface area contributed by atoms with Crippen molar-refractivity contribution in [2.24, 2.45) is 5.41 Å². The van der Waals surface area contributed by atoms with E-state index < -0.39 is 6.10 Å². The summed E-state index contributed by atoms with van der Waals surface area (Å²) in [6.45, 7) is 6.92. The average Bonchev–Trinajstić information content (AvgIpc) is 2.34. The summed E-state index contributed by atoms with van der Waals surface area (Å²) in [4.78, 5) is 2.29. The molecule has 1 atom stereocenters. The summed E-state index contributed by atoms with van der Waals surface area (Å²) in [5.74, 6) is 0. The Morgan fingerprint density at radius 2 is 1.89 bits per heavy atom. The first-order valence-electron chi connectivity index (χ1n) is 7.39. The van der Waals surface area contributed by atoms with Crippen molar-refractivity contribution < 1.29 is 14.6 Å². The summed E-state index contributed by atoms with van der Waals surface area (Å²) in [5.41, 5.74) is 0.499. The molecule has 0 aromatic carbocycles. The molecule has 1 fully saturated rings. The van der Waals surface area contributed by atoms with E-state index in [0.717, 1.165) is 0 Å². The lowest BCUT2D eigenvalue weighted by Crippen LogP contribution is -2.42. The molecule has 1 saturated carbocycles. The molecule has 0 heterocycles. The second-order valence-corrected chi connectivity index (χ2v) is 6.56. The molecule has 19 heavy (non-hydrogen) atoms. The van der Waals surface area contributed by atoms with E-state index in [2.05, 4.69) is 25.8 Å². The van der Waals surface area contributed by atoms with Gasteiger partial charge in [0.25, 0.3) is 0 Å². The van der Waals surface area contributed by atoms with Crippen LogP contribution in [0, 0.1) is 5.41 Å². The van der Waals surface area contributed by atoms with Crippen LogP contribution in [0.2, 0.25) is 0 Å². The van der Waals surface area contributed by atoms with Crippen molar-refractivity contribution in [2.75, 3.05) is 40.5 Å². The fourth-order valence-electron chi connectivity index (χ4n) is 2.72. The van der Waals surface area contributed by atoms with E-state index in [4.69, 9.17) is 9.47 Å². The summed E-state index contributed by atoms with van der Waals surface area (Å²) in [6.07, 6.45) is 4.63. The number of aliphatic hydroxyl groups is 1. The lowest BCUT2D eigenvalue weighted by atomic mass is 9.75. The van der Waals surface area contributed by atoms with Gasteiger partial charge < -0.3 is 19.5 Å². The summed E-state index contributed by atoms with van der Waals surface area (Å²) in [7, 11) is 3.76. The monoisotopic (exact) mass is 273 g/mol. The van der Waals surface area contributed by atoms with Gasteiger partial charge in [0.15, 0.2) is 0 Å². The molecule has 1 rings (SSSR count). The van der Waals surface area contributed by atoms with E-state index in [1.165, 1.54) is 25.7 Å². The zero-order valence-corrected chi connectivity index (χ0v) is 13.0. The number of aliphatic hydroxyl groups excluding tert-OH is 1. The summed E-state index contributed by atoms with van der Waals surface area (Å²) in [6, 6.07) is 0.613. The van der Waals surface area contributed by atoms with Crippen LogP contribution in [-0.4, -0.2) is 62.7 Å². The van der Waals surface area contributed by atoms with E-state index in [9.17, 15) is 5.11 Å². The predicted molar refractivity (Wildman–Crippen MR) is 77.4 cm³/mol. The maximum Gasteiger partial charge on any atom is 0.0900 e. The van der Waals surface area contributed by atoms with Crippen molar-refractivity contribution in [3.05, 3.63) is 0 Å². The number of hydrogen-bond acceptors (Lipinski definition) is 4. The molecule has 1 unspecified atom stereocenters. The summed E-state index contributed by atoms with van der Waals surface area (Å²) < 4.78 is 10.3. The molecule has 0 spiro atoms. The van der Waals surface area contributed by atoms with Crippen molar-refractivity contribution in [3.8, 4) is 0 Å². The Balaban J connectivity index is 2.17. The highest BCUT2D eigenvalue weighted by Crippen LogP contribution is 2.36. The standard InChI is InChI=1S/C15H31NO3/c1-15(2)7-5-13(6-8-15)16(3)11-14(17)12-19-10-9-18-4/h13-14,17H,5-12H2,1-4H3. The highest BCUT2D eigenvalue weighted by Gasteiger charge is 2.29. The van der Waals surface area contributed by atoms with Gasteiger partial charge in [0, 0.05) is 19.7 Å². The lowest BCUT2D eigenvalue weighted by molar-refractivity contribution is -0.00679. The van der Waals surface area contributed by atoms with Gasteiger partial charge in [-0.25, -0.2) is 0 Å². The smallest absolute Gasteiger partial charge is 0.0900 e. The molecule has 0 aliphatic heterocycles. The number of nitrogens with zero attached hydrogens (tertiary/aromatic N) is 1. The Bertz CT molecular complexity index is 236. The highest BCUT2D eigenvalue weighted by molar-refractivity contribution is 4.83. The molecule has 1 aliphatic rings. The Morgan fingerprint density at radius 3 is 2.47 bits per heavy atom. The van der Waals surface area contributed by atoms with Crippen molar-refractivity contribution >= 4 is 0 Å². The number of ether oxygens (including phenoxy) is 2. The minimum Gasteiger partial charge on any atom is -0.389 e. The van der Waals surface area contributed by atoms with Gasteiger partial charge in [-0.3, -0.25) is 0 Å². The molecule has 4 nitrogen and oxygen atoms in total. The molecule has 0 aromatic rings. The van der Waals surface area contributed by atoms with Crippen molar-refractivity contribution in [1.82, 2.24) is 4.90 Å². The SMILES string of the molecule is COCCOCC(O)CN(C)C1CCC(C)(C)CC1. The van der Waals surface area contributed by atoms with E-state index >= 15 is 0 Å². The minimum atomic E-state index is -0.406. The van der Waals surface area contributed by atoms with Crippen LogP contribution in [0.3, 0.4) is 0 Å². The van der Waals surface area contributed by atoms with Crippen LogP contribution in [-0.2, 0) is 9.47 Å². The normalized spacial score (nSPS) is 21.8. The van der Waals surface area contributed by atoms with Crippen LogP contribution < -0.4 is 0 Å². The zero-order valence-electron chi connectivity index (χ0n) is 13.0. The molecular weight excluding hydrogens is 242 g/mol. The van der Waals surface area contributed by atoms with E-state index in [1.807, 2.05) is 0 Å². The molecular formula is C15H31NO3. The molecule has 114 valence electrons. The first-order chi connectivity index (χ1) is 8.94. The lowest BCUT2D eigenvalue weighted by Gasteiger charge is -2.39. The molecule has 0 bridgehead atoms. The van der Waals surface area contributed by atoms with Crippen LogP contribution in [0.25, 0.3) is 0 Å². The number of methoxy groups -OCH3 is 1. The van der Waals surface area contributed by atoms with Crippen molar-refractivity contribution in [2.45, 2.75) is 51.7 Å². The topological polar surface area (TPSA) is 41.9 Å². The average molecular weight is 273 g/mol. The van der Waals surface area contributed by atoms with Crippen LogP contribution in [0.1, 0.15) is 39.5 Å². The van der Waals surface area contributed by atoms with E-state index in [1.54, 1.807) is 7.11 Å². The third kappa shape index (κ3) is 6.70. The minimum absolute atomic E-state index is 0.395. The quantitative estimate of drug-likeness (QED) is 0.686. The fraction of sp³-hybridized carbons (Fsp3) is 1.00. The van der Waals surface area contributed by atoms with Crippen LogP contribution in [0.5, 0.6) is 0 Å². The Labute approximate surface area is 118 Å². The van der Waals surface area contributed by atoms with Crippen LogP contribution in [0.4, 0.5) is 0 Å². The van der Waals surface area contributed by atoms with Gasteiger partial charge in [-0.15, -0.1) is 0 Å². The van der Waals surface area contributed by atoms with Gasteiger partial charge in [0.2, 0.25) is 0 Å². The molecule has 0 saturated heterocycles. The number of likely N-dealkylation sites (N-methyl/N-ethyl adjacent to an activating group) is 1. The van der Waals surface area contributed by atoms with Gasteiger partial charge in [-0.1, -0.05) is 13.8 Å². The molecule has 0 amide bonds. The second-order valence-electron chi connectivity index (χ2n) is 6.56. The number of hydrogen-bond donors (Lipinski definition) is 1. The maximum absolute atomic E-state index is 9.94. The highest BCUT2D eigenvalue weighted by atomic mass is 16.5. The Hall–Kier alpha value is -0.160. The van der Waals surface area contributed by atoms with Crippen LogP contribution >= 0.6 is 0 Å². The third-order valence-electron chi connectivity index (χ3n) is 4.17. The van der Waals surface area contributed by atoms with Crippen molar-refractivity contribution in [1.29, 1.82) is 0 Å². The van der Waals surface area contributed by atoms with Gasteiger partial charge in [-0.2, -0.15) is 0 Å². The molecule has 4 heteroatoms. The van der Waals surface area contributed by atoms with Crippen molar-refractivity contribution in [3.63, 3.8) is 0 Å². The first kappa shape index (κ1) is 16.9. The van der Waals surface area contributed by atoms with Gasteiger partial charge in [-0.05, 0) is 38.1 Å². The summed E-state index contributed by atoms with van der Waals surface area (Å²) >= 11 is 0. The fourth-order valence-corrected chi connectivity index (χ4v) is 2.72. The number of rotatable bonds is 8. The zero-order chi connectivity index (χ0) is 14.3. The molecule has 1 aliphatic carbocycles. The first-order valence-corrected chi connectivity index (χ1v) is 7.39. The van der Waals surface area contributed by atoms with Gasteiger partial charge in [0.1, 0.15) is 0 Å². The molecule has 1 N–H and O–H groups in total. The van der Waals surface area contributed by atoms with E-state index in [0.29, 0.717) is 37.8 Å². The second kappa shape index (κ2) is 8.20. The Kier molecular flexibility index (Phi) is 7.29. The van der Waals surface area contributed by atoms with Crippen LogP contribution in [0.15, 0.2) is 0 Å². The van der Waals surface area contributed by atoms with E-state index in [-0.39, 0.29) is 0 Å². The summed E-state index contributed by atoms with van der Waals surface area (Å²) in [5, 5.41) is 9.94. The van der Waals surface area contributed by atoms with Gasteiger partial charge in [0.05, 0.1) is 25.9 Å². The van der Waals surface area contributed by atoms with Gasteiger partial charge >= 0.3 is 0 Å². The molecule has 0 radical (unpaired) electrons. The predicted octanol–water partition coefficient (Wildman–Crippen LogP) is 1.91. The Morgan fingerprint density at radius 1 is 1.26 bits per heavy atom. The third-order valence-corrected chi connectivity index (χ3v) is 4.17. The molecule has 0 aromatic heterocycles. The maximum atomic E-state index is 9.94. The largest absolute Gasteiger partial charge is 0.389 e.